The molecule has 6 nitrogen and oxygen atoms in total. The van der Waals surface area contributed by atoms with E-state index in [1.54, 1.807) is 0 Å². The molecule has 0 aliphatic heterocycles. The molecule has 0 saturated heterocycles. The van der Waals surface area contributed by atoms with E-state index in [-0.39, 0.29) is 17.0 Å². The quantitative estimate of drug-likeness (QED) is 0.692. The molecule has 2 aromatic carbocycles. The zero-order valence-electron chi connectivity index (χ0n) is 12.5. The summed E-state index contributed by atoms with van der Waals surface area (Å²) in [5, 5.41) is 13.6. The third-order valence-corrected chi connectivity index (χ3v) is 3.28. The minimum Gasteiger partial charge on any atom is -0.496 e. The van der Waals surface area contributed by atoms with Crippen LogP contribution in [0.5, 0.6) is 5.75 Å². The van der Waals surface area contributed by atoms with Gasteiger partial charge >= 0.3 is 0 Å². The Bertz CT molecular complexity index is 741. The van der Waals surface area contributed by atoms with Crippen molar-refractivity contribution in [2.75, 3.05) is 12.4 Å². The summed E-state index contributed by atoms with van der Waals surface area (Å²) in [6.07, 6.45) is 0. The fourth-order valence-electron chi connectivity index (χ4n) is 2.05. The van der Waals surface area contributed by atoms with Crippen LogP contribution in [0.3, 0.4) is 0 Å². The largest absolute Gasteiger partial charge is 0.496 e. The maximum Gasteiger partial charge on any atom is 0.270 e. The summed E-state index contributed by atoms with van der Waals surface area (Å²) in [6.45, 7) is 3.79. The number of amides is 1. The number of nitro benzene ring substituents is 1. The van der Waals surface area contributed by atoms with Crippen molar-refractivity contribution in [2.24, 2.45) is 0 Å². The van der Waals surface area contributed by atoms with Gasteiger partial charge in [0, 0.05) is 17.8 Å². The first-order chi connectivity index (χ1) is 10.4. The van der Waals surface area contributed by atoms with Crippen molar-refractivity contribution in [1.29, 1.82) is 0 Å². The van der Waals surface area contributed by atoms with Crippen LogP contribution in [-0.2, 0) is 0 Å². The molecule has 0 bridgehead atoms. The van der Waals surface area contributed by atoms with Crippen LogP contribution >= 0.6 is 0 Å². The van der Waals surface area contributed by atoms with Gasteiger partial charge in [0.05, 0.1) is 17.6 Å². The van der Waals surface area contributed by atoms with Crippen molar-refractivity contribution in [2.45, 2.75) is 13.8 Å². The highest BCUT2D eigenvalue weighted by Crippen LogP contribution is 2.26. The van der Waals surface area contributed by atoms with Gasteiger partial charge in [-0.1, -0.05) is 12.1 Å². The van der Waals surface area contributed by atoms with E-state index in [1.165, 1.54) is 25.3 Å². The normalized spacial score (nSPS) is 10.1. The lowest BCUT2D eigenvalue weighted by molar-refractivity contribution is -0.384. The predicted molar refractivity (Wildman–Crippen MR) is 83.5 cm³/mol. The van der Waals surface area contributed by atoms with E-state index < -0.39 is 10.8 Å². The van der Waals surface area contributed by atoms with Crippen molar-refractivity contribution in [3.63, 3.8) is 0 Å². The van der Waals surface area contributed by atoms with Crippen LogP contribution in [0.4, 0.5) is 11.4 Å². The first-order valence-corrected chi connectivity index (χ1v) is 6.63. The lowest BCUT2D eigenvalue weighted by atomic mass is 10.1. The molecule has 0 radical (unpaired) electrons. The Morgan fingerprint density at radius 1 is 1.18 bits per heavy atom. The second kappa shape index (κ2) is 6.26. The van der Waals surface area contributed by atoms with Crippen molar-refractivity contribution in [3.05, 3.63) is 63.2 Å². The molecule has 0 aromatic heterocycles. The van der Waals surface area contributed by atoms with Crippen LogP contribution in [-0.4, -0.2) is 17.9 Å². The maximum absolute atomic E-state index is 12.4. The van der Waals surface area contributed by atoms with Crippen LogP contribution in [0.25, 0.3) is 0 Å². The maximum atomic E-state index is 12.4. The Kier molecular flexibility index (Phi) is 4.41. The van der Waals surface area contributed by atoms with Crippen LogP contribution < -0.4 is 10.1 Å². The molecule has 0 heterocycles. The molecule has 0 aliphatic carbocycles. The van der Waals surface area contributed by atoms with E-state index in [0.29, 0.717) is 5.69 Å². The van der Waals surface area contributed by atoms with E-state index in [9.17, 15) is 14.9 Å². The molecule has 114 valence electrons. The van der Waals surface area contributed by atoms with E-state index in [1.807, 2.05) is 32.0 Å². The summed E-state index contributed by atoms with van der Waals surface area (Å²) in [7, 11) is 1.41. The van der Waals surface area contributed by atoms with Crippen LogP contribution in [0.2, 0.25) is 0 Å². The number of nitrogens with zero attached hydrogens (tertiary/aromatic N) is 1. The van der Waals surface area contributed by atoms with Gasteiger partial charge in [0.2, 0.25) is 0 Å². The molecule has 22 heavy (non-hydrogen) atoms. The standard InChI is InChI=1S/C16H16N2O4/c1-10-4-5-11(2)14(8-10)17-16(19)13-9-12(18(20)21)6-7-15(13)22-3/h4-9H,1-3H3,(H,17,19). The topological polar surface area (TPSA) is 81.5 Å². The Labute approximate surface area is 127 Å². The first-order valence-electron chi connectivity index (χ1n) is 6.63. The molecular weight excluding hydrogens is 284 g/mol. The van der Waals surface area contributed by atoms with Crippen molar-refractivity contribution in [3.8, 4) is 5.75 Å². The number of hydrogen-bond acceptors (Lipinski definition) is 4. The Hall–Kier alpha value is -2.89. The van der Waals surface area contributed by atoms with Gasteiger partial charge in [-0.3, -0.25) is 14.9 Å². The number of aryl methyl sites for hydroxylation is 2. The number of benzene rings is 2. The second-order valence-electron chi connectivity index (χ2n) is 4.91. The van der Waals surface area contributed by atoms with Crippen molar-refractivity contribution >= 4 is 17.3 Å². The summed E-state index contributed by atoms with van der Waals surface area (Å²) in [5.74, 6) is -0.164. The minimum absolute atomic E-state index is 0.123. The van der Waals surface area contributed by atoms with E-state index in [2.05, 4.69) is 5.32 Å². The number of hydrogen-bond donors (Lipinski definition) is 1. The lowest BCUT2D eigenvalue weighted by Gasteiger charge is -2.11. The van der Waals surface area contributed by atoms with Gasteiger partial charge in [0.25, 0.3) is 11.6 Å². The van der Waals surface area contributed by atoms with Crippen molar-refractivity contribution in [1.82, 2.24) is 0 Å². The summed E-state index contributed by atoms with van der Waals surface area (Å²) in [6, 6.07) is 9.61. The van der Waals surface area contributed by atoms with E-state index in [0.717, 1.165) is 11.1 Å². The zero-order valence-corrected chi connectivity index (χ0v) is 12.5. The number of nitrogens with one attached hydrogen (secondary N) is 1. The SMILES string of the molecule is COc1ccc([N+](=O)[O-])cc1C(=O)Nc1cc(C)ccc1C. The number of anilines is 1. The summed E-state index contributed by atoms with van der Waals surface area (Å²) in [4.78, 5) is 22.7. The predicted octanol–water partition coefficient (Wildman–Crippen LogP) is 3.47. The van der Waals surface area contributed by atoms with Gasteiger partial charge in [0.1, 0.15) is 5.75 Å². The lowest BCUT2D eigenvalue weighted by Crippen LogP contribution is -2.14. The molecule has 0 unspecified atom stereocenters. The molecule has 2 aromatic rings. The second-order valence-corrected chi connectivity index (χ2v) is 4.91. The summed E-state index contributed by atoms with van der Waals surface area (Å²) < 4.78 is 5.11. The number of carbonyl (C=O) groups excluding carboxylic acids is 1. The fourth-order valence-corrected chi connectivity index (χ4v) is 2.05. The van der Waals surface area contributed by atoms with Gasteiger partial charge in [-0.2, -0.15) is 0 Å². The van der Waals surface area contributed by atoms with Crippen LogP contribution in [0, 0.1) is 24.0 Å². The highest BCUT2D eigenvalue weighted by Gasteiger charge is 2.18. The Morgan fingerprint density at radius 3 is 2.55 bits per heavy atom. The molecule has 1 N–H and O–H groups in total. The Morgan fingerprint density at radius 2 is 1.91 bits per heavy atom. The third-order valence-electron chi connectivity index (χ3n) is 3.28. The number of rotatable bonds is 4. The summed E-state index contributed by atoms with van der Waals surface area (Å²) in [5.41, 5.74) is 2.54. The first kappa shape index (κ1) is 15.5. The van der Waals surface area contributed by atoms with Gasteiger partial charge in [-0.25, -0.2) is 0 Å². The monoisotopic (exact) mass is 300 g/mol. The average Bonchev–Trinajstić information content (AvgIpc) is 2.50. The highest BCUT2D eigenvalue weighted by molar-refractivity contribution is 6.07. The number of ether oxygens (including phenoxy) is 1. The molecule has 1 amide bonds. The zero-order chi connectivity index (χ0) is 16.3. The number of nitro groups is 1. The van der Waals surface area contributed by atoms with Gasteiger partial charge in [-0.05, 0) is 37.1 Å². The summed E-state index contributed by atoms with van der Waals surface area (Å²) >= 11 is 0. The molecule has 0 fully saturated rings. The van der Waals surface area contributed by atoms with E-state index >= 15 is 0 Å². The molecule has 0 atom stereocenters. The molecule has 6 heteroatoms. The minimum atomic E-state index is -0.547. The number of carbonyl (C=O) groups is 1. The van der Waals surface area contributed by atoms with Crippen LogP contribution in [0.15, 0.2) is 36.4 Å². The molecule has 0 aliphatic rings. The van der Waals surface area contributed by atoms with Crippen molar-refractivity contribution < 1.29 is 14.5 Å². The molecule has 0 saturated carbocycles. The van der Waals surface area contributed by atoms with E-state index in [4.69, 9.17) is 4.74 Å². The molecule has 0 spiro atoms. The number of methoxy groups -OCH3 is 1. The fraction of sp³-hybridized carbons (Fsp3) is 0.188. The van der Waals surface area contributed by atoms with Gasteiger partial charge < -0.3 is 10.1 Å². The molecule has 2 rings (SSSR count). The number of non-ortho nitro benzene ring substituents is 1. The van der Waals surface area contributed by atoms with Gasteiger partial charge in [0.15, 0.2) is 0 Å². The third kappa shape index (κ3) is 3.22. The average molecular weight is 300 g/mol. The van der Waals surface area contributed by atoms with Crippen LogP contribution in [0.1, 0.15) is 21.5 Å². The Balaban J connectivity index is 2.38. The molecular formula is C16H16N2O4. The van der Waals surface area contributed by atoms with Gasteiger partial charge in [-0.15, -0.1) is 0 Å². The highest BCUT2D eigenvalue weighted by atomic mass is 16.6. The smallest absolute Gasteiger partial charge is 0.270 e.